The van der Waals surface area contributed by atoms with Gasteiger partial charge in [0.2, 0.25) is 6.10 Å². The quantitative estimate of drug-likeness (QED) is 0.801. The van der Waals surface area contributed by atoms with Crippen molar-refractivity contribution in [2.45, 2.75) is 53.2 Å². The van der Waals surface area contributed by atoms with E-state index in [2.05, 4.69) is 4.98 Å². The van der Waals surface area contributed by atoms with E-state index >= 15 is 0 Å². The third-order valence-electron chi connectivity index (χ3n) is 2.41. The maximum Gasteiger partial charge on any atom is 0.354 e. The molecule has 0 amide bonds. The van der Waals surface area contributed by atoms with Gasteiger partial charge in [-0.25, -0.2) is 4.79 Å². The topological polar surface area (TPSA) is 65.5 Å². The third kappa shape index (κ3) is 5.53. The maximum atomic E-state index is 12.3. The molecule has 1 heterocycles. The lowest BCUT2D eigenvalue weighted by Gasteiger charge is -2.25. The average molecular weight is 293 g/mol. The van der Waals surface area contributed by atoms with Crippen molar-refractivity contribution in [3.8, 4) is 0 Å². The SMILES string of the molecule is CC(C)(C)OC(=O)C(OC(=O)C(C)(C)C)c1ccccn1. The molecule has 0 N–H and O–H groups in total. The number of carbonyl (C=O) groups excluding carboxylic acids is 2. The Bertz CT molecular complexity index is 497. The summed E-state index contributed by atoms with van der Waals surface area (Å²) in [6.07, 6.45) is 0.384. The molecule has 0 aliphatic rings. The van der Waals surface area contributed by atoms with Crippen molar-refractivity contribution in [3.05, 3.63) is 30.1 Å². The van der Waals surface area contributed by atoms with E-state index in [1.165, 1.54) is 6.20 Å². The Hall–Kier alpha value is -1.91. The third-order valence-corrected chi connectivity index (χ3v) is 2.41. The van der Waals surface area contributed by atoms with Gasteiger partial charge in [0.25, 0.3) is 0 Å². The number of rotatable bonds is 3. The van der Waals surface area contributed by atoms with Gasteiger partial charge in [-0.1, -0.05) is 6.07 Å². The molecule has 5 heteroatoms. The molecule has 0 aliphatic heterocycles. The maximum absolute atomic E-state index is 12.3. The van der Waals surface area contributed by atoms with Crippen molar-refractivity contribution >= 4 is 11.9 Å². The Morgan fingerprint density at radius 2 is 1.71 bits per heavy atom. The highest BCUT2D eigenvalue weighted by molar-refractivity contribution is 5.82. The van der Waals surface area contributed by atoms with Crippen LogP contribution in [0.1, 0.15) is 53.3 Å². The smallest absolute Gasteiger partial charge is 0.354 e. The molecule has 21 heavy (non-hydrogen) atoms. The average Bonchev–Trinajstić information content (AvgIpc) is 2.33. The second-order valence-electron chi connectivity index (χ2n) is 6.82. The lowest BCUT2D eigenvalue weighted by molar-refractivity contribution is -0.180. The molecule has 1 atom stereocenters. The molecule has 0 aliphatic carbocycles. The van der Waals surface area contributed by atoms with Crippen LogP contribution in [0, 0.1) is 5.41 Å². The number of hydrogen-bond acceptors (Lipinski definition) is 5. The summed E-state index contributed by atoms with van der Waals surface area (Å²) in [4.78, 5) is 28.4. The minimum atomic E-state index is -1.16. The minimum Gasteiger partial charge on any atom is -0.457 e. The Kier molecular flexibility index (Phi) is 5.10. The van der Waals surface area contributed by atoms with Gasteiger partial charge >= 0.3 is 11.9 Å². The van der Waals surface area contributed by atoms with E-state index in [9.17, 15) is 9.59 Å². The zero-order chi connectivity index (χ0) is 16.3. The van der Waals surface area contributed by atoms with Gasteiger partial charge in [-0.05, 0) is 53.7 Å². The monoisotopic (exact) mass is 293 g/mol. The van der Waals surface area contributed by atoms with Crippen molar-refractivity contribution in [2.24, 2.45) is 5.41 Å². The van der Waals surface area contributed by atoms with Crippen LogP contribution in [0.15, 0.2) is 24.4 Å². The summed E-state index contributed by atoms with van der Waals surface area (Å²) >= 11 is 0. The first kappa shape index (κ1) is 17.1. The van der Waals surface area contributed by atoms with E-state index in [4.69, 9.17) is 9.47 Å². The number of aromatic nitrogens is 1. The number of pyridine rings is 1. The number of nitrogens with zero attached hydrogens (tertiary/aromatic N) is 1. The van der Waals surface area contributed by atoms with Gasteiger partial charge in [0.1, 0.15) is 5.60 Å². The molecule has 5 nitrogen and oxygen atoms in total. The van der Waals surface area contributed by atoms with Gasteiger partial charge in [-0.2, -0.15) is 0 Å². The van der Waals surface area contributed by atoms with Gasteiger partial charge in [0.05, 0.1) is 11.1 Å². The van der Waals surface area contributed by atoms with E-state index < -0.39 is 29.1 Å². The molecular weight excluding hydrogens is 270 g/mol. The zero-order valence-corrected chi connectivity index (χ0v) is 13.5. The molecule has 1 aromatic rings. The molecule has 0 fully saturated rings. The fourth-order valence-corrected chi connectivity index (χ4v) is 1.40. The summed E-state index contributed by atoms with van der Waals surface area (Å²) in [6, 6.07) is 5.08. The van der Waals surface area contributed by atoms with Crippen molar-refractivity contribution < 1.29 is 19.1 Å². The molecule has 0 saturated heterocycles. The van der Waals surface area contributed by atoms with Crippen LogP contribution < -0.4 is 0 Å². The summed E-state index contributed by atoms with van der Waals surface area (Å²) in [7, 11) is 0. The standard InChI is InChI=1S/C16H23NO4/c1-15(2,3)14(19)20-12(11-9-7-8-10-17-11)13(18)21-16(4,5)6/h7-10,12H,1-6H3. The van der Waals surface area contributed by atoms with Crippen LogP contribution in [-0.2, 0) is 19.1 Å². The zero-order valence-electron chi connectivity index (χ0n) is 13.5. The molecule has 1 unspecified atom stereocenters. The Morgan fingerprint density at radius 1 is 1.10 bits per heavy atom. The number of esters is 2. The molecule has 0 radical (unpaired) electrons. The Morgan fingerprint density at radius 3 is 2.14 bits per heavy atom. The Labute approximate surface area is 125 Å². The second-order valence-corrected chi connectivity index (χ2v) is 6.82. The number of hydrogen-bond donors (Lipinski definition) is 0. The molecule has 116 valence electrons. The van der Waals surface area contributed by atoms with E-state index in [1.54, 1.807) is 59.7 Å². The fourth-order valence-electron chi connectivity index (χ4n) is 1.40. The number of ether oxygens (including phenoxy) is 2. The molecule has 0 aromatic carbocycles. The summed E-state index contributed by atoms with van der Waals surface area (Å²) < 4.78 is 10.6. The van der Waals surface area contributed by atoms with Crippen LogP contribution in [0.5, 0.6) is 0 Å². The summed E-state index contributed by atoms with van der Waals surface area (Å²) in [5, 5.41) is 0. The molecule has 1 rings (SSSR count). The van der Waals surface area contributed by atoms with Crippen LogP contribution in [-0.4, -0.2) is 22.5 Å². The van der Waals surface area contributed by atoms with Crippen LogP contribution in [0.2, 0.25) is 0 Å². The van der Waals surface area contributed by atoms with Crippen molar-refractivity contribution in [2.75, 3.05) is 0 Å². The lowest BCUT2D eigenvalue weighted by Crippen LogP contribution is -2.33. The van der Waals surface area contributed by atoms with Crippen molar-refractivity contribution in [1.82, 2.24) is 4.98 Å². The second kappa shape index (κ2) is 6.24. The number of carbonyl (C=O) groups is 2. The van der Waals surface area contributed by atoms with Crippen LogP contribution in [0.3, 0.4) is 0 Å². The van der Waals surface area contributed by atoms with Gasteiger partial charge in [-0.15, -0.1) is 0 Å². The minimum absolute atomic E-state index is 0.351. The fraction of sp³-hybridized carbons (Fsp3) is 0.562. The predicted molar refractivity (Wildman–Crippen MR) is 78.4 cm³/mol. The molecule has 1 aromatic heterocycles. The summed E-state index contributed by atoms with van der Waals surface area (Å²) in [5.74, 6) is -1.11. The first-order valence-corrected chi connectivity index (χ1v) is 6.85. The Balaban J connectivity index is 3.02. The van der Waals surface area contributed by atoms with E-state index in [0.29, 0.717) is 5.69 Å². The van der Waals surface area contributed by atoms with Crippen LogP contribution in [0.4, 0.5) is 0 Å². The van der Waals surface area contributed by atoms with E-state index in [0.717, 1.165) is 0 Å². The largest absolute Gasteiger partial charge is 0.457 e. The first-order chi connectivity index (χ1) is 9.50. The summed E-state index contributed by atoms with van der Waals surface area (Å²) in [6.45, 7) is 10.4. The van der Waals surface area contributed by atoms with Gasteiger partial charge in [0, 0.05) is 6.20 Å². The summed E-state index contributed by atoms with van der Waals surface area (Å²) in [5.41, 5.74) is -1.03. The van der Waals surface area contributed by atoms with Crippen molar-refractivity contribution in [3.63, 3.8) is 0 Å². The normalized spacial score (nSPS) is 13.4. The highest BCUT2D eigenvalue weighted by atomic mass is 16.6. The molecule has 0 spiro atoms. The highest BCUT2D eigenvalue weighted by Crippen LogP contribution is 2.25. The highest BCUT2D eigenvalue weighted by Gasteiger charge is 2.34. The van der Waals surface area contributed by atoms with E-state index in [-0.39, 0.29) is 0 Å². The molecule has 0 saturated carbocycles. The predicted octanol–water partition coefficient (Wildman–Crippen LogP) is 3.05. The van der Waals surface area contributed by atoms with E-state index in [1.807, 2.05) is 0 Å². The molecule has 0 bridgehead atoms. The van der Waals surface area contributed by atoms with Crippen LogP contribution >= 0.6 is 0 Å². The first-order valence-electron chi connectivity index (χ1n) is 6.85. The van der Waals surface area contributed by atoms with Crippen LogP contribution in [0.25, 0.3) is 0 Å². The van der Waals surface area contributed by atoms with Gasteiger partial charge in [0.15, 0.2) is 0 Å². The molecular formula is C16H23NO4. The van der Waals surface area contributed by atoms with Crippen molar-refractivity contribution in [1.29, 1.82) is 0 Å². The van der Waals surface area contributed by atoms with Gasteiger partial charge in [-0.3, -0.25) is 9.78 Å². The lowest BCUT2D eigenvalue weighted by atomic mass is 9.97. The van der Waals surface area contributed by atoms with Gasteiger partial charge < -0.3 is 9.47 Å².